The highest BCUT2D eigenvalue weighted by atomic mass is 19.4. The predicted molar refractivity (Wildman–Crippen MR) is 83.4 cm³/mol. The summed E-state index contributed by atoms with van der Waals surface area (Å²) in [6, 6.07) is 2.38. The second-order valence-electron chi connectivity index (χ2n) is 6.35. The zero-order valence-corrected chi connectivity index (χ0v) is 13.2. The van der Waals surface area contributed by atoms with Crippen molar-refractivity contribution in [1.29, 1.82) is 0 Å². The van der Waals surface area contributed by atoms with Gasteiger partial charge in [-0.2, -0.15) is 18.2 Å². The molecule has 6 nitrogen and oxygen atoms in total. The van der Waals surface area contributed by atoms with E-state index in [0.717, 1.165) is 25.0 Å². The van der Waals surface area contributed by atoms with Crippen LogP contribution >= 0.6 is 0 Å². The van der Waals surface area contributed by atoms with Crippen LogP contribution in [0.25, 0.3) is 0 Å². The Morgan fingerprint density at radius 1 is 1.28 bits per heavy atom. The number of carbonyl (C=O) groups excluding carboxylic acids is 2. The molecule has 0 radical (unpaired) electrons. The summed E-state index contributed by atoms with van der Waals surface area (Å²) in [5, 5.41) is 0. The van der Waals surface area contributed by atoms with Crippen LogP contribution in [-0.4, -0.2) is 29.2 Å². The number of benzene rings is 1. The van der Waals surface area contributed by atoms with Crippen molar-refractivity contribution in [1.82, 2.24) is 4.90 Å². The van der Waals surface area contributed by atoms with E-state index in [2.05, 4.69) is 4.99 Å². The van der Waals surface area contributed by atoms with Gasteiger partial charge in [0.2, 0.25) is 0 Å². The van der Waals surface area contributed by atoms with Crippen molar-refractivity contribution in [2.45, 2.75) is 31.5 Å². The zero-order valence-electron chi connectivity index (χ0n) is 13.2. The molecule has 2 amide bonds. The van der Waals surface area contributed by atoms with Crippen LogP contribution in [0.15, 0.2) is 23.2 Å². The number of hydrogen-bond donors (Lipinski definition) is 2. The van der Waals surface area contributed by atoms with E-state index < -0.39 is 35.6 Å². The maximum absolute atomic E-state index is 12.9. The number of fused-ring (bicyclic) bond motifs is 1. The largest absolute Gasteiger partial charge is 0.416 e. The molecule has 1 aliphatic carbocycles. The molecular formula is C16H17F3N4O2. The molecule has 0 aromatic heterocycles. The number of guanidine groups is 1. The number of nitrogens with two attached hydrogens (primary N) is 2. The highest BCUT2D eigenvalue weighted by Gasteiger charge is 2.42. The van der Waals surface area contributed by atoms with E-state index in [1.807, 2.05) is 0 Å². The van der Waals surface area contributed by atoms with E-state index in [9.17, 15) is 22.8 Å². The third-order valence-electron chi connectivity index (χ3n) is 4.38. The highest BCUT2D eigenvalue weighted by Crippen LogP contribution is 2.42. The first-order valence-electron chi connectivity index (χ1n) is 7.81. The van der Waals surface area contributed by atoms with Gasteiger partial charge < -0.3 is 16.4 Å². The lowest BCUT2D eigenvalue weighted by molar-refractivity contribution is -0.137. The van der Waals surface area contributed by atoms with E-state index in [4.69, 9.17) is 11.5 Å². The van der Waals surface area contributed by atoms with Gasteiger partial charge in [0.05, 0.1) is 18.0 Å². The Morgan fingerprint density at radius 2 is 1.96 bits per heavy atom. The topological polar surface area (TPSA) is 102 Å². The molecule has 1 atom stereocenters. The lowest BCUT2D eigenvalue weighted by atomic mass is 9.99. The fourth-order valence-corrected chi connectivity index (χ4v) is 3.04. The Kier molecular flexibility index (Phi) is 4.18. The molecule has 25 heavy (non-hydrogen) atoms. The van der Waals surface area contributed by atoms with Crippen molar-refractivity contribution in [3.63, 3.8) is 0 Å². The van der Waals surface area contributed by atoms with Gasteiger partial charge in [0.1, 0.15) is 0 Å². The molecule has 1 aromatic rings. The third kappa shape index (κ3) is 3.59. The van der Waals surface area contributed by atoms with E-state index in [-0.39, 0.29) is 12.0 Å². The van der Waals surface area contributed by atoms with Gasteiger partial charge >= 0.3 is 6.18 Å². The van der Waals surface area contributed by atoms with Crippen molar-refractivity contribution in [3.05, 3.63) is 34.9 Å². The van der Waals surface area contributed by atoms with Gasteiger partial charge in [-0.05, 0) is 36.5 Å². The molecule has 134 valence electrons. The Morgan fingerprint density at radius 3 is 2.52 bits per heavy atom. The number of hydrogen-bond acceptors (Lipinski definition) is 2. The van der Waals surface area contributed by atoms with E-state index in [1.165, 1.54) is 11.0 Å². The van der Waals surface area contributed by atoms with Gasteiger partial charge in [0, 0.05) is 12.1 Å². The average molecular weight is 354 g/mol. The minimum Gasteiger partial charge on any atom is -0.370 e. The van der Waals surface area contributed by atoms with Crippen molar-refractivity contribution >= 4 is 17.8 Å². The molecular weight excluding hydrogens is 337 g/mol. The molecule has 1 saturated carbocycles. The first kappa shape index (κ1) is 17.2. The van der Waals surface area contributed by atoms with Gasteiger partial charge in [-0.25, -0.2) is 0 Å². The molecule has 1 heterocycles. The summed E-state index contributed by atoms with van der Waals surface area (Å²) in [6.07, 6.45) is -2.79. The summed E-state index contributed by atoms with van der Waals surface area (Å²) >= 11 is 0. The van der Waals surface area contributed by atoms with Gasteiger partial charge in [-0.15, -0.1) is 0 Å². The molecule has 1 aromatic carbocycles. The second-order valence-corrected chi connectivity index (χ2v) is 6.35. The number of nitrogens with zero attached hydrogens (tertiary/aromatic N) is 2. The minimum atomic E-state index is -4.54. The minimum absolute atomic E-state index is 0.0158. The smallest absolute Gasteiger partial charge is 0.370 e. The number of aliphatic imine (C=N–C) groups is 1. The Hall–Kier alpha value is -2.58. The lowest BCUT2D eigenvalue weighted by Crippen LogP contribution is -2.32. The van der Waals surface area contributed by atoms with Crippen molar-refractivity contribution in [2.75, 3.05) is 6.54 Å². The van der Waals surface area contributed by atoms with Gasteiger partial charge in [0.15, 0.2) is 5.96 Å². The fourth-order valence-electron chi connectivity index (χ4n) is 3.04. The molecule has 9 heteroatoms. The Bertz CT molecular complexity index is 752. The van der Waals surface area contributed by atoms with Crippen molar-refractivity contribution in [3.8, 4) is 0 Å². The second kappa shape index (κ2) is 6.05. The summed E-state index contributed by atoms with van der Waals surface area (Å²) in [5.74, 6) is -1.18. The molecule has 3 rings (SSSR count). The number of rotatable bonds is 4. The van der Waals surface area contributed by atoms with Gasteiger partial charge in [0.25, 0.3) is 11.8 Å². The first-order chi connectivity index (χ1) is 11.7. The van der Waals surface area contributed by atoms with Crippen LogP contribution in [0.4, 0.5) is 13.2 Å². The lowest BCUT2D eigenvalue weighted by Gasteiger charge is -2.24. The Balaban J connectivity index is 1.95. The molecule has 0 bridgehead atoms. The van der Waals surface area contributed by atoms with E-state index in [0.29, 0.717) is 18.0 Å². The van der Waals surface area contributed by atoms with E-state index in [1.54, 1.807) is 0 Å². The number of amides is 2. The molecule has 0 spiro atoms. The van der Waals surface area contributed by atoms with E-state index >= 15 is 0 Å². The third-order valence-corrected chi connectivity index (χ3v) is 4.38. The average Bonchev–Trinajstić information content (AvgIpc) is 3.28. The van der Waals surface area contributed by atoms with Crippen LogP contribution in [0.1, 0.15) is 46.8 Å². The number of carbonyl (C=O) groups is 2. The van der Waals surface area contributed by atoms with Crippen LogP contribution in [0.5, 0.6) is 0 Å². The summed E-state index contributed by atoms with van der Waals surface area (Å²) < 4.78 is 38.8. The maximum Gasteiger partial charge on any atom is 0.416 e. The monoisotopic (exact) mass is 354 g/mol. The predicted octanol–water partition coefficient (Wildman–Crippen LogP) is 1.80. The van der Waals surface area contributed by atoms with Gasteiger partial charge in [-0.3, -0.25) is 9.59 Å². The zero-order chi connectivity index (χ0) is 18.4. The quantitative estimate of drug-likeness (QED) is 0.636. The maximum atomic E-state index is 12.9. The molecule has 1 aliphatic heterocycles. The molecule has 1 fully saturated rings. The summed E-state index contributed by atoms with van der Waals surface area (Å²) in [6.45, 7) is 0.411. The fraction of sp³-hybridized carbons (Fsp3) is 0.438. The molecule has 2 aliphatic rings. The van der Waals surface area contributed by atoms with Crippen molar-refractivity contribution in [2.24, 2.45) is 22.4 Å². The van der Waals surface area contributed by atoms with Crippen LogP contribution in [0.2, 0.25) is 0 Å². The molecule has 0 saturated heterocycles. The number of halogens is 3. The van der Waals surface area contributed by atoms with Crippen LogP contribution in [0, 0.1) is 5.92 Å². The highest BCUT2D eigenvalue weighted by molar-refractivity contribution is 6.00. The number of alkyl halides is 3. The van der Waals surface area contributed by atoms with Crippen LogP contribution in [0.3, 0.4) is 0 Å². The Labute approximate surface area is 141 Å². The molecule has 4 N–H and O–H groups in total. The summed E-state index contributed by atoms with van der Waals surface area (Å²) in [5.41, 5.74) is 9.87. The van der Waals surface area contributed by atoms with Crippen molar-refractivity contribution < 1.29 is 22.8 Å². The SMILES string of the molecule is NC(N)=NC(=O)CC1c2ccc(C(F)(F)F)cc2C(=O)N1CC1CC1. The van der Waals surface area contributed by atoms with Gasteiger partial charge in [-0.1, -0.05) is 6.07 Å². The first-order valence-corrected chi connectivity index (χ1v) is 7.81. The van der Waals surface area contributed by atoms with Crippen LogP contribution < -0.4 is 11.5 Å². The summed E-state index contributed by atoms with van der Waals surface area (Å²) in [4.78, 5) is 29.5. The standard InChI is InChI=1S/C16H17F3N4O2/c17-16(18,19)9-3-4-10-11(5-9)14(25)23(7-8-1-2-8)12(10)6-13(24)22-15(20)21/h3-5,8,12H,1-2,6-7H2,(H4,20,21,22,24). The normalized spacial score (nSPS) is 19.7. The summed E-state index contributed by atoms with van der Waals surface area (Å²) in [7, 11) is 0. The molecule has 1 unspecified atom stereocenters. The van der Waals surface area contributed by atoms with Crippen LogP contribution in [-0.2, 0) is 11.0 Å².